The first-order valence-corrected chi connectivity index (χ1v) is 7.78. The average Bonchev–Trinajstić information content (AvgIpc) is 3.13. The van der Waals surface area contributed by atoms with Crippen molar-refractivity contribution in [3.63, 3.8) is 0 Å². The maximum atomic E-state index is 6.06. The fourth-order valence-corrected chi connectivity index (χ4v) is 3.12. The molecule has 0 atom stereocenters. The van der Waals surface area contributed by atoms with E-state index in [-0.39, 0.29) is 0 Å². The van der Waals surface area contributed by atoms with Crippen molar-refractivity contribution in [1.82, 2.24) is 9.55 Å². The topological polar surface area (TPSA) is 27.1 Å². The molecule has 0 amide bonds. The third kappa shape index (κ3) is 2.67. The molecule has 0 radical (unpaired) electrons. The summed E-state index contributed by atoms with van der Waals surface area (Å²) in [7, 11) is 1.76. The van der Waals surface area contributed by atoms with Gasteiger partial charge in [0.25, 0.3) is 0 Å². The number of methoxy groups -OCH3 is 1. The summed E-state index contributed by atoms with van der Waals surface area (Å²) in [5, 5.41) is 0.712. The molecular formula is C15H18Cl2N2O. The maximum Gasteiger partial charge on any atom is 0.124 e. The maximum absolute atomic E-state index is 6.06. The van der Waals surface area contributed by atoms with Crippen LogP contribution in [-0.2, 0) is 17.2 Å². The third-order valence-electron chi connectivity index (χ3n) is 4.20. The van der Waals surface area contributed by atoms with Gasteiger partial charge in [0.15, 0.2) is 0 Å². The van der Waals surface area contributed by atoms with E-state index in [0.29, 0.717) is 16.3 Å². The van der Waals surface area contributed by atoms with Crippen molar-refractivity contribution in [3.8, 4) is 0 Å². The molecule has 1 aliphatic rings. The van der Waals surface area contributed by atoms with Crippen LogP contribution in [0.3, 0.4) is 0 Å². The minimum absolute atomic E-state index is 0.365. The molecule has 1 fully saturated rings. The van der Waals surface area contributed by atoms with E-state index >= 15 is 0 Å². The molecule has 1 aromatic carbocycles. The Balaban J connectivity index is 1.94. The third-order valence-corrected chi connectivity index (χ3v) is 4.67. The Morgan fingerprint density at radius 3 is 2.85 bits per heavy atom. The van der Waals surface area contributed by atoms with Crippen LogP contribution in [0, 0.1) is 5.41 Å². The van der Waals surface area contributed by atoms with Crippen molar-refractivity contribution in [2.45, 2.75) is 31.7 Å². The number of aromatic nitrogens is 2. The number of fused-ring (bicyclic) bond motifs is 1. The summed E-state index contributed by atoms with van der Waals surface area (Å²) in [5.74, 6) is 1.35. The van der Waals surface area contributed by atoms with E-state index in [1.165, 1.54) is 12.8 Å². The number of benzene rings is 1. The Kier molecular flexibility index (Phi) is 3.93. The van der Waals surface area contributed by atoms with Crippen molar-refractivity contribution in [2.75, 3.05) is 13.7 Å². The number of hydrogen-bond donors (Lipinski definition) is 0. The van der Waals surface area contributed by atoms with E-state index in [4.69, 9.17) is 27.9 Å². The number of hydrogen-bond acceptors (Lipinski definition) is 2. The summed E-state index contributed by atoms with van der Waals surface area (Å²) in [5.41, 5.74) is 2.41. The largest absolute Gasteiger partial charge is 0.385 e. The van der Waals surface area contributed by atoms with Gasteiger partial charge in [-0.15, -0.1) is 11.6 Å². The molecule has 0 bridgehead atoms. The standard InChI is InChI=1S/C15H18Cl2N2O/c1-20-7-6-15(4-5-15)10-19-13-3-2-11(17)8-12(13)18-14(19)9-16/h2-3,8H,4-7,9-10H2,1H3. The molecule has 3 rings (SSSR count). The number of halogens is 2. The van der Waals surface area contributed by atoms with Crippen molar-refractivity contribution in [1.29, 1.82) is 0 Å². The van der Waals surface area contributed by atoms with Gasteiger partial charge in [0.2, 0.25) is 0 Å². The second-order valence-corrected chi connectivity index (χ2v) is 6.33. The Labute approximate surface area is 128 Å². The molecule has 20 heavy (non-hydrogen) atoms. The Bertz CT molecular complexity index is 620. The van der Waals surface area contributed by atoms with Crippen LogP contribution in [0.5, 0.6) is 0 Å². The van der Waals surface area contributed by atoms with Crippen molar-refractivity contribution >= 4 is 34.2 Å². The average molecular weight is 313 g/mol. The van der Waals surface area contributed by atoms with Gasteiger partial charge in [-0.1, -0.05) is 11.6 Å². The monoisotopic (exact) mass is 312 g/mol. The van der Waals surface area contributed by atoms with Crippen LogP contribution in [0.25, 0.3) is 11.0 Å². The van der Waals surface area contributed by atoms with E-state index in [9.17, 15) is 0 Å². The molecule has 0 unspecified atom stereocenters. The highest BCUT2D eigenvalue weighted by atomic mass is 35.5. The van der Waals surface area contributed by atoms with Crippen LogP contribution in [0.1, 0.15) is 25.1 Å². The molecule has 1 heterocycles. The van der Waals surface area contributed by atoms with E-state index in [1.807, 2.05) is 18.2 Å². The predicted octanol–water partition coefficient (Wildman–Crippen LogP) is 4.25. The lowest BCUT2D eigenvalue weighted by molar-refractivity contribution is 0.167. The number of alkyl halides is 1. The number of ether oxygens (including phenoxy) is 1. The molecule has 0 N–H and O–H groups in total. The van der Waals surface area contributed by atoms with Crippen LogP contribution in [0.15, 0.2) is 18.2 Å². The van der Waals surface area contributed by atoms with Gasteiger partial charge < -0.3 is 9.30 Å². The van der Waals surface area contributed by atoms with Crippen LogP contribution < -0.4 is 0 Å². The Morgan fingerprint density at radius 2 is 2.20 bits per heavy atom. The van der Waals surface area contributed by atoms with Gasteiger partial charge in [0, 0.05) is 25.3 Å². The highest BCUT2D eigenvalue weighted by Gasteiger charge is 2.42. The molecule has 1 aliphatic carbocycles. The van der Waals surface area contributed by atoms with Gasteiger partial charge in [-0.25, -0.2) is 4.98 Å². The normalized spacial score (nSPS) is 16.8. The van der Waals surface area contributed by atoms with Gasteiger partial charge in [-0.3, -0.25) is 0 Å². The summed E-state index contributed by atoms with van der Waals surface area (Å²) in [6.45, 7) is 1.78. The SMILES string of the molecule is COCCC1(Cn2c(CCl)nc3cc(Cl)ccc32)CC1. The molecule has 1 saturated carbocycles. The highest BCUT2D eigenvalue weighted by Crippen LogP contribution is 2.50. The van der Waals surface area contributed by atoms with Gasteiger partial charge >= 0.3 is 0 Å². The highest BCUT2D eigenvalue weighted by molar-refractivity contribution is 6.31. The van der Waals surface area contributed by atoms with Crippen molar-refractivity contribution < 1.29 is 4.74 Å². The number of imidazole rings is 1. The molecule has 0 saturated heterocycles. The van der Waals surface area contributed by atoms with E-state index in [1.54, 1.807) is 7.11 Å². The van der Waals surface area contributed by atoms with Crippen molar-refractivity contribution in [3.05, 3.63) is 29.0 Å². The van der Waals surface area contributed by atoms with E-state index in [0.717, 1.165) is 36.4 Å². The van der Waals surface area contributed by atoms with Gasteiger partial charge in [0.1, 0.15) is 5.82 Å². The lowest BCUT2D eigenvalue weighted by Crippen LogP contribution is -2.15. The fraction of sp³-hybridized carbons (Fsp3) is 0.533. The second kappa shape index (κ2) is 5.55. The molecule has 5 heteroatoms. The molecular weight excluding hydrogens is 295 g/mol. The summed E-state index contributed by atoms with van der Waals surface area (Å²) in [4.78, 5) is 4.60. The van der Waals surface area contributed by atoms with E-state index in [2.05, 4.69) is 9.55 Å². The first-order chi connectivity index (χ1) is 9.67. The van der Waals surface area contributed by atoms with Crippen LogP contribution >= 0.6 is 23.2 Å². The molecule has 2 aromatic rings. The summed E-state index contributed by atoms with van der Waals surface area (Å²) >= 11 is 12.1. The zero-order valence-electron chi connectivity index (χ0n) is 11.5. The fourth-order valence-electron chi connectivity index (χ4n) is 2.75. The van der Waals surface area contributed by atoms with Gasteiger partial charge in [-0.05, 0) is 42.9 Å². The summed E-state index contributed by atoms with van der Waals surface area (Å²) < 4.78 is 7.48. The van der Waals surface area contributed by atoms with Gasteiger partial charge in [-0.2, -0.15) is 0 Å². The lowest BCUT2D eigenvalue weighted by Gasteiger charge is -2.17. The Morgan fingerprint density at radius 1 is 1.40 bits per heavy atom. The van der Waals surface area contributed by atoms with Crippen LogP contribution in [0.4, 0.5) is 0 Å². The number of nitrogens with zero attached hydrogens (tertiary/aromatic N) is 2. The minimum Gasteiger partial charge on any atom is -0.385 e. The first kappa shape index (κ1) is 14.2. The van der Waals surface area contributed by atoms with Crippen LogP contribution in [-0.4, -0.2) is 23.3 Å². The quantitative estimate of drug-likeness (QED) is 0.746. The Hall–Kier alpha value is -0.770. The van der Waals surface area contributed by atoms with E-state index < -0.39 is 0 Å². The molecule has 1 aromatic heterocycles. The van der Waals surface area contributed by atoms with Gasteiger partial charge in [0.05, 0.1) is 16.9 Å². The second-order valence-electron chi connectivity index (χ2n) is 5.62. The minimum atomic E-state index is 0.365. The smallest absolute Gasteiger partial charge is 0.124 e. The molecule has 0 aliphatic heterocycles. The first-order valence-electron chi connectivity index (χ1n) is 6.87. The lowest BCUT2D eigenvalue weighted by atomic mass is 10.0. The summed E-state index contributed by atoms with van der Waals surface area (Å²) in [6, 6.07) is 5.85. The zero-order chi connectivity index (χ0) is 14.2. The summed E-state index contributed by atoms with van der Waals surface area (Å²) in [6.07, 6.45) is 3.61. The zero-order valence-corrected chi connectivity index (χ0v) is 13.0. The molecule has 3 nitrogen and oxygen atoms in total. The molecule has 0 spiro atoms. The van der Waals surface area contributed by atoms with Crippen LogP contribution in [0.2, 0.25) is 5.02 Å². The molecule has 108 valence electrons. The number of rotatable bonds is 6. The predicted molar refractivity (Wildman–Crippen MR) is 82.5 cm³/mol. The van der Waals surface area contributed by atoms with Crippen molar-refractivity contribution in [2.24, 2.45) is 5.41 Å².